The van der Waals surface area contributed by atoms with Crippen LogP contribution in [0.15, 0.2) is 16.5 Å². The number of carboxylic acid groups (broad SMARTS) is 1. The molecule has 4 nitrogen and oxygen atoms in total. The van der Waals surface area contributed by atoms with E-state index in [9.17, 15) is 9.90 Å². The number of carboxylic acids is 1. The third-order valence-electron chi connectivity index (χ3n) is 3.48. The summed E-state index contributed by atoms with van der Waals surface area (Å²) in [4.78, 5) is 10.7. The molecule has 1 atom stereocenters. The first-order valence-corrected chi connectivity index (χ1v) is 6.19. The molecule has 4 heteroatoms. The van der Waals surface area contributed by atoms with Gasteiger partial charge in [0.05, 0.1) is 0 Å². The molecule has 0 aliphatic heterocycles. The normalized spacial score (nSPS) is 19.8. The molecule has 1 heterocycles. The monoisotopic (exact) mass is 238 g/mol. The second kappa shape index (κ2) is 5.36. The Bertz CT molecular complexity index is 375. The molecular weight excluding hydrogens is 220 g/mol. The zero-order valence-corrected chi connectivity index (χ0v) is 9.76. The predicted molar refractivity (Wildman–Crippen MR) is 61.8 cm³/mol. The van der Waals surface area contributed by atoms with Gasteiger partial charge in [0.15, 0.2) is 0 Å². The number of aliphatic hydroxyl groups excluding tert-OH is 1. The summed E-state index contributed by atoms with van der Waals surface area (Å²) in [6.45, 7) is 0. The highest BCUT2D eigenvalue weighted by atomic mass is 16.4. The van der Waals surface area contributed by atoms with Gasteiger partial charge in [-0.2, -0.15) is 0 Å². The first kappa shape index (κ1) is 12.2. The predicted octanol–water partition coefficient (Wildman–Crippen LogP) is 2.98. The molecule has 1 saturated carbocycles. The maximum Gasteiger partial charge on any atom is 0.371 e. The van der Waals surface area contributed by atoms with Gasteiger partial charge in [0.2, 0.25) is 5.76 Å². The van der Waals surface area contributed by atoms with Gasteiger partial charge in [-0.05, 0) is 30.9 Å². The van der Waals surface area contributed by atoms with Crippen LogP contribution in [-0.4, -0.2) is 16.2 Å². The molecule has 1 aliphatic rings. The minimum absolute atomic E-state index is 0.104. The van der Waals surface area contributed by atoms with Crippen molar-refractivity contribution < 1.29 is 19.4 Å². The molecule has 1 aliphatic carbocycles. The van der Waals surface area contributed by atoms with E-state index in [1.54, 1.807) is 6.07 Å². The SMILES string of the molecule is O=C(O)c1ccc(C(O)C2CCCCCC2)o1. The van der Waals surface area contributed by atoms with E-state index in [-0.39, 0.29) is 11.7 Å². The van der Waals surface area contributed by atoms with Gasteiger partial charge in [0.1, 0.15) is 11.9 Å². The maximum atomic E-state index is 10.7. The van der Waals surface area contributed by atoms with E-state index >= 15 is 0 Å². The van der Waals surface area contributed by atoms with E-state index in [1.807, 2.05) is 0 Å². The van der Waals surface area contributed by atoms with Crippen molar-refractivity contribution in [3.05, 3.63) is 23.7 Å². The molecule has 1 aromatic rings. The Morgan fingerprint density at radius 1 is 1.24 bits per heavy atom. The van der Waals surface area contributed by atoms with Crippen molar-refractivity contribution in [1.82, 2.24) is 0 Å². The standard InChI is InChI=1S/C13H18O4/c14-12(9-5-3-1-2-4-6-9)10-7-8-11(17-10)13(15)16/h7-9,12,14H,1-6H2,(H,15,16). The van der Waals surface area contributed by atoms with E-state index in [2.05, 4.69) is 0 Å². The van der Waals surface area contributed by atoms with Gasteiger partial charge >= 0.3 is 5.97 Å². The molecule has 94 valence electrons. The van der Waals surface area contributed by atoms with Crippen LogP contribution in [0, 0.1) is 5.92 Å². The largest absolute Gasteiger partial charge is 0.475 e. The highest BCUT2D eigenvalue weighted by Gasteiger charge is 2.25. The van der Waals surface area contributed by atoms with Crippen LogP contribution in [0.1, 0.15) is 60.9 Å². The van der Waals surface area contributed by atoms with E-state index in [4.69, 9.17) is 9.52 Å². The number of hydrogen-bond donors (Lipinski definition) is 2. The Morgan fingerprint density at radius 3 is 2.41 bits per heavy atom. The Labute approximate surface area is 100 Å². The van der Waals surface area contributed by atoms with E-state index in [0.29, 0.717) is 5.76 Å². The Balaban J connectivity index is 2.06. The number of carbonyl (C=O) groups is 1. The van der Waals surface area contributed by atoms with Gasteiger partial charge in [-0.3, -0.25) is 0 Å². The lowest BCUT2D eigenvalue weighted by Gasteiger charge is -2.19. The van der Waals surface area contributed by atoms with E-state index < -0.39 is 12.1 Å². The highest BCUT2D eigenvalue weighted by Crippen LogP contribution is 2.34. The first-order chi connectivity index (χ1) is 8.18. The van der Waals surface area contributed by atoms with Crippen LogP contribution >= 0.6 is 0 Å². The number of aromatic carboxylic acids is 1. The maximum absolute atomic E-state index is 10.7. The molecule has 0 spiro atoms. The molecule has 2 N–H and O–H groups in total. The third kappa shape index (κ3) is 2.88. The Kier molecular flexibility index (Phi) is 3.84. The number of furan rings is 1. The fraction of sp³-hybridized carbons (Fsp3) is 0.615. The van der Waals surface area contributed by atoms with Crippen molar-refractivity contribution in [3.8, 4) is 0 Å². The fourth-order valence-electron chi connectivity index (χ4n) is 2.49. The lowest BCUT2D eigenvalue weighted by molar-refractivity contribution is 0.0609. The van der Waals surface area contributed by atoms with Crippen LogP contribution in [0.4, 0.5) is 0 Å². The van der Waals surface area contributed by atoms with Gasteiger partial charge in [-0.25, -0.2) is 4.79 Å². The summed E-state index contributed by atoms with van der Waals surface area (Å²) in [5, 5.41) is 18.9. The molecule has 0 radical (unpaired) electrons. The zero-order chi connectivity index (χ0) is 12.3. The van der Waals surface area contributed by atoms with Crippen LogP contribution in [0.3, 0.4) is 0 Å². The summed E-state index contributed by atoms with van der Waals surface area (Å²) in [5.74, 6) is -0.614. The summed E-state index contributed by atoms with van der Waals surface area (Å²) >= 11 is 0. The minimum Gasteiger partial charge on any atom is -0.475 e. The van der Waals surface area contributed by atoms with Crippen molar-refractivity contribution in [3.63, 3.8) is 0 Å². The van der Waals surface area contributed by atoms with E-state index in [1.165, 1.54) is 18.9 Å². The second-order valence-electron chi connectivity index (χ2n) is 4.70. The molecule has 1 aromatic heterocycles. The smallest absolute Gasteiger partial charge is 0.371 e. The van der Waals surface area contributed by atoms with Crippen molar-refractivity contribution in [2.24, 2.45) is 5.92 Å². The number of hydrogen-bond acceptors (Lipinski definition) is 3. The van der Waals surface area contributed by atoms with Crippen LogP contribution in [0.2, 0.25) is 0 Å². The molecule has 0 aromatic carbocycles. The van der Waals surface area contributed by atoms with Crippen LogP contribution in [0.5, 0.6) is 0 Å². The first-order valence-electron chi connectivity index (χ1n) is 6.19. The summed E-state index contributed by atoms with van der Waals surface area (Å²) in [5.41, 5.74) is 0. The van der Waals surface area contributed by atoms with Crippen molar-refractivity contribution in [1.29, 1.82) is 0 Å². The quantitative estimate of drug-likeness (QED) is 0.794. The molecule has 2 rings (SSSR count). The molecular formula is C13H18O4. The van der Waals surface area contributed by atoms with Gasteiger partial charge < -0.3 is 14.6 Å². The van der Waals surface area contributed by atoms with Gasteiger partial charge in [-0.1, -0.05) is 25.7 Å². The average molecular weight is 238 g/mol. The Morgan fingerprint density at radius 2 is 1.88 bits per heavy atom. The zero-order valence-electron chi connectivity index (χ0n) is 9.76. The topological polar surface area (TPSA) is 70.7 Å². The van der Waals surface area contributed by atoms with Crippen molar-refractivity contribution in [2.45, 2.75) is 44.6 Å². The molecule has 0 amide bonds. The van der Waals surface area contributed by atoms with Crippen LogP contribution < -0.4 is 0 Å². The molecule has 0 bridgehead atoms. The lowest BCUT2D eigenvalue weighted by atomic mass is 9.93. The number of rotatable bonds is 3. The molecule has 0 saturated heterocycles. The van der Waals surface area contributed by atoms with Crippen LogP contribution in [-0.2, 0) is 0 Å². The average Bonchev–Trinajstić information content (AvgIpc) is 2.65. The summed E-state index contributed by atoms with van der Waals surface area (Å²) in [7, 11) is 0. The van der Waals surface area contributed by atoms with Gasteiger partial charge in [0, 0.05) is 0 Å². The fourth-order valence-corrected chi connectivity index (χ4v) is 2.49. The lowest BCUT2D eigenvalue weighted by Crippen LogP contribution is -2.11. The summed E-state index contributed by atoms with van der Waals surface area (Å²) in [6, 6.07) is 2.97. The van der Waals surface area contributed by atoms with Crippen LogP contribution in [0.25, 0.3) is 0 Å². The number of aliphatic hydroxyl groups is 1. The molecule has 1 fully saturated rings. The van der Waals surface area contributed by atoms with E-state index in [0.717, 1.165) is 25.7 Å². The summed E-state index contributed by atoms with van der Waals surface area (Å²) in [6.07, 6.45) is 6.03. The molecule has 1 unspecified atom stereocenters. The highest BCUT2D eigenvalue weighted by molar-refractivity contribution is 5.84. The van der Waals surface area contributed by atoms with Gasteiger partial charge in [-0.15, -0.1) is 0 Å². The third-order valence-corrected chi connectivity index (χ3v) is 3.48. The molecule has 17 heavy (non-hydrogen) atoms. The Hall–Kier alpha value is -1.29. The second-order valence-corrected chi connectivity index (χ2v) is 4.70. The summed E-state index contributed by atoms with van der Waals surface area (Å²) < 4.78 is 5.15. The van der Waals surface area contributed by atoms with Crippen molar-refractivity contribution >= 4 is 5.97 Å². The minimum atomic E-state index is -1.09. The van der Waals surface area contributed by atoms with Gasteiger partial charge in [0.25, 0.3) is 0 Å². The van der Waals surface area contributed by atoms with Crippen molar-refractivity contribution in [2.75, 3.05) is 0 Å².